The molecular formula is C16H20ClN3O2. The summed E-state index contributed by atoms with van der Waals surface area (Å²) >= 11 is 0. The van der Waals surface area contributed by atoms with E-state index in [1.807, 2.05) is 36.9 Å². The molecule has 0 spiro atoms. The van der Waals surface area contributed by atoms with Crippen LogP contribution in [0.2, 0.25) is 0 Å². The van der Waals surface area contributed by atoms with Crippen molar-refractivity contribution >= 4 is 29.7 Å². The summed E-state index contributed by atoms with van der Waals surface area (Å²) in [5.74, 6) is 0.779. The van der Waals surface area contributed by atoms with Crippen molar-refractivity contribution in [3.8, 4) is 0 Å². The maximum absolute atomic E-state index is 12.7. The molecule has 0 saturated carbocycles. The molecule has 1 aliphatic rings. The fraction of sp³-hybridized carbons (Fsp3) is 0.375. The smallest absolute Gasteiger partial charge is 0.231 e. The quantitative estimate of drug-likeness (QED) is 0.863. The molecule has 6 heteroatoms. The van der Waals surface area contributed by atoms with E-state index in [2.05, 4.69) is 5.16 Å². The van der Waals surface area contributed by atoms with Gasteiger partial charge in [0.2, 0.25) is 5.91 Å². The molecule has 2 N–H and O–H groups in total. The Balaban J connectivity index is 0.00000176. The molecule has 0 unspecified atom stereocenters. The second-order valence-corrected chi connectivity index (χ2v) is 5.47. The van der Waals surface area contributed by atoms with E-state index in [0.717, 1.165) is 47.6 Å². The molecule has 0 saturated heterocycles. The third-order valence-electron chi connectivity index (χ3n) is 4.10. The highest BCUT2D eigenvalue weighted by atomic mass is 35.5. The first-order valence-electron chi connectivity index (χ1n) is 7.17. The highest BCUT2D eigenvalue weighted by Crippen LogP contribution is 2.31. The molecule has 22 heavy (non-hydrogen) atoms. The number of carbonyl (C=O) groups excluding carboxylic acids is 1. The van der Waals surface area contributed by atoms with Crippen molar-refractivity contribution in [1.82, 2.24) is 5.16 Å². The summed E-state index contributed by atoms with van der Waals surface area (Å²) < 4.78 is 5.13. The van der Waals surface area contributed by atoms with Gasteiger partial charge >= 0.3 is 0 Å². The Bertz CT molecular complexity index is 677. The minimum atomic E-state index is 0. The van der Waals surface area contributed by atoms with Crippen molar-refractivity contribution in [3.63, 3.8) is 0 Å². The largest absolute Gasteiger partial charge is 0.398 e. The first kappa shape index (κ1) is 16.4. The Morgan fingerprint density at radius 3 is 2.86 bits per heavy atom. The van der Waals surface area contributed by atoms with Crippen LogP contribution in [0.3, 0.4) is 0 Å². The van der Waals surface area contributed by atoms with Crippen LogP contribution in [0.25, 0.3) is 0 Å². The number of nitrogens with two attached hydrogens (primary N) is 1. The average molecular weight is 322 g/mol. The molecule has 118 valence electrons. The Labute approximate surface area is 135 Å². The molecule has 1 aliphatic heterocycles. The predicted molar refractivity (Wildman–Crippen MR) is 88.5 cm³/mol. The van der Waals surface area contributed by atoms with Gasteiger partial charge in [-0.05, 0) is 44.4 Å². The van der Waals surface area contributed by atoms with Gasteiger partial charge in [-0.1, -0.05) is 11.2 Å². The Hall–Kier alpha value is -2.01. The second kappa shape index (κ2) is 6.40. The standard InChI is InChI=1S/C16H19N3O2.ClH/c1-10-13(11(2)21-18-10)9-16(20)19-8-4-5-12-14(17)6-3-7-15(12)19;/h3,6-7H,4-5,8-9,17H2,1-2H3;1H. The van der Waals surface area contributed by atoms with Gasteiger partial charge in [-0.3, -0.25) is 4.79 Å². The van der Waals surface area contributed by atoms with Crippen LogP contribution in [-0.2, 0) is 17.6 Å². The van der Waals surface area contributed by atoms with E-state index in [0.29, 0.717) is 12.2 Å². The van der Waals surface area contributed by atoms with Gasteiger partial charge in [0.15, 0.2) is 0 Å². The van der Waals surface area contributed by atoms with Crippen molar-refractivity contribution in [3.05, 3.63) is 40.8 Å². The Kier molecular flexibility index (Phi) is 4.76. The zero-order valence-corrected chi connectivity index (χ0v) is 13.6. The Morgan fingerprint density at radius 1 is 1.41 bits per heavy atom. The van der Waals surface area contributed by atoms with Crippen LogP contribution >= 0.6 is 12.4 Å². The number of aryl methyl sites for hydroxylation is 2. The Morgan fingerprint density at radius 2 is 2.18 bits per heavy atom. The molecule has 1 amide bonds. The van der Waals surface area contributed by atoms with Gasteiger partial charge in [0.25, 0.3) is 0 Å². The summed E-state index contributed by atoms with van der Waals surface area (Å²) in [6.07, 6.45) is 2.18. The van der Waals surface area contributed by atoms with Crippen LogP contribution in [0.15, 0.2) is 22.7 Å². The summed E-state index contributed by atoms with van der Waals surface area (Å²) in [6.45, 7) is 4.44. The molecule has 2 aromatic rings. The molecule has 0 radical (unpaired) electrons. The number of hydrogen-bond donors (Lipinski definition) is 1. The van der Waals surface area contributed by atoms with Crippen LogP contribution in [0.1, 0.15) is 29.0 Å². The van der Waals surface area contributed by atoms with Gasteiger partial charge < -0.3 is 15.2 Å². The minimum Gasteiger partial charge on any atom is -0.398 e. The molecule has 0 aliphatic carbocycles. The summed E-state index contributed by atoms with van der Waals surface area (Å²) in [5, 5.41) is 3.91. The van der Waals surface area contributed by atoms with Crippen molar-refractivity contribution < 1.29 is 9.32 Å². The maximum Gasteiger partial charge on any atom is 0.231 e. The predicted octanol–water partition coefficient (Wildman–Crippen LogP) is 2.82. The first-order chi connectivity index (χ1) is 10.1. The number of nitrogen functional groups attached to an aromatic ring is 1. The highest BCUT2D eigenvalue weighted by molar-refractivity contribution is 5.96. The van der Waals surface area contributed by atoms with Crippen molar-refractivity contribution in [2.24, 2.45) is 0 Å². The second-order valence-electron chi connectivity index (χ2n) is 5.47. The van der Waals surface area contributed by atoms with Gasteiger partial charge in [-0.2, -0.15) is 0 Å². The van der Waals surface area contributed by atoms with Crippen LogP contribution in [0, 0.1) is 13.8 Å². The van der Waals surface area contributed by atoms with Crippen LogP contribution < -0.4 is 10.6 Å². The third-order valence-corrected chi connectivity index (χ3v) is 4.10. The fourth-order valence-corrected chi connectivity index (χ4v) is 2.91. The fourth-order valence-electron chi connectivity index (χ4n) is 2.91. The topological polar surface area (TPSA) is 72.4 Å². The van der Waals surface area contributed by atoms with Gasteiger partial charge in [0.05, 0.1) is 12.1 Å². The SMILES string of the molecule is Cc1noc(C)c1CC(=O)N1CCCc2c(N)cccc21.Cl. The van der Waals surface area contributed by atoms with Crippen LogP contribution in [-0.4, -0.2) is 17.6 Å². The number of carbonyl (C=O) groups is 1. The third kappa shape index (κ3) is 2.81. The van der Waals surface area contributed by atoms with Crippen LogP contribution in [0.4, 0.5) is 11.4 Å². The zero-order valence-electron chi connectivity index (χ0n) is 12.8. The summed E-state index contributed by atoms with van der Waals surface area (Å²) in [7, 11) is 0. The van der Waals surface area contributed by atoms with Crippen molar-refractivity contribution in [2.45, 2.75) is 33.1 Å². The van der Waals surface area contributed by atoms with E-state index in [9.17, 15) is 4.79 Å². The lowest BCUT2D eigenvalue weighted by Gasteiger charge is -2.30. The van der Waals surface area contributed by atoms with E-state index < -0.39 is 0 Å². The number of amides is 1. The first-order valence-corrected chi connectivity index (χ1v) is 7.17. The van der Waals surface area contributed by atoms with Gasteiger partial charge in [0.1, 0.15) is 5.76 Å². The normalized spacial score (nSPS) is 13.5. The van der Waals surface area contributed by atoms with Crippen molar-refractivity contribution in [2.75, 3.05) is 17.2 Å². The molecule has 1 aromatic carbocycles. The number of anilines is 2. The molecule has 2 heterocycles. The van der Waals surface area contributed by atoms with Gasteiger partial charge in [0, 0.05) is 23.5 Å². The number of halogens is 1. The summed E-state index contributed by atoms with van der Waals surface area (Å²) in [4.78, 5) is 14.5. The van der Waals surface area contributed by atoms with Crippen LogP contribution in [0.5, 0.6) is 0 Å². The van der Waals surface area contributed by atoms with E-state index >= 15 is 0 Å². The van der Waals surface area contributed by atoms with Gasteiger partial charge in [-0.15, -0.1) is 12.4 Å². The number of hydrogen-bond acceptors (Lipinski definition) is 4. The summed E-state index contributed by atoms with van der Waals surface area (Å²) in [6, 6.07) is 5.76. The monoisotopic (exact) mass is 321 g/mol. The minimum absolute atomic E-state index is 0. The molecule has 0 fully saturated rings. The van der Waals surface area contributed by atoms with E-state index in [1.54, 1.807) is 0 Å². The molecule has 0 bridgehead atoms. The molecule has 5 nitrogen and oxygen atoms in total. The maximum atomic E-state index is 12.7. The molecular weight excluding hydrogens is 302 g/mol. The zero-order chi connectivity index (χ0) is 15.0. The number of nitrogens with zero attached hydrogens (tertiary/aromatic N) is 2. The lowest BCUT2D eigenvalue weighted by atomic mass is 9.99. The number of aromatic nitrogens is 1. The number of rotatable bonds is 2. The molecule has 3 rings (SSSR count). The van der Waals surface area contributed by atoms with E-state index in [4.69, 9.17) is 10.3 Å². The highest BCUT2D eigenvalue weighted by Gasteiger charge is 2.25. The number of benzene rings is 1. The lowest BCUT2D eigenvalue weighted by molar-refractivity contribution is -0.118. The van der Waals surface area contributed by atoms with Gasteiger partial charge in [-0.25, -0.2) is 0 Å². The van der Waals surface area contributed by atoms with E-state index in [1.165, 1.54) is 0 Å². The number of fused-ring (bicyclic) bond motifs is 1. The average Bonchev–Trinajstić information content (AvgIpc) is 2.79. The molecule has 0 atom stereocenters. The molecule has 1 aromatic heterocycles. The summed E-state index contributed by atoms with van der Waals surface area (Å²) in [5.41, 5.74) is 10.5. The van der Waals surface area contributed by atoms with E-state index in [-0.39, 0.29) is 18.3 Å². The lowest BCUT2D eigenvalue weighted by Crippen LogP contribution is -2.37. The van der Waals surface area contributed by atoms with Crippen molar-refractivity contribution in [1.29, 1.82) is 0 Å².